The average molecular weight is 256 g/mol. The molecule has 0 saturated heterocycles. The Labute approximate surface area is 104 Å². The maximum Gasteiger partial charge on any atom is 1.00 e. The third-order valence-corrected chi connectivity index (χ3v) is 5.05. The minimum Gasteiger partial charge on any atom is -0.739 e. The van der Waals surface area contributed by atoms with Crippen molar-refractivity contribution in [3.05, 3.63) is 0 Å². The molecule has 0 saturated carbocycles. The van der Waals surface area contributed by atoms with Gasteiger partial charge in [0.25, 0.3) is 0 Å². The molecule has 9 heteroatoms. The van der Waals surface area contributed by atoms with E-state index < -0.39 is 19.0 Å². The van der Waals surface area contributed by atoms with E-state index in [-0.39, 0.29) is 57.6 Å². The zero-order chi connectivity index (χ0) is 9.83. The maximum atomic E-state index is 10.8. The van der Waals surface area contributed by atoms with E-state index in [2.05, 4.69) is 0 Å². The topological polar surface area (TPSA) is 91.3 Å². The van der Waals surface area contributed by atoms with Crippen molar-refractivity contribution < 1.29 is 50.9 Å². The molecule has 0 bridgehead atoms. The molecule has 0 aliphatic heterocycles. The van der Waals surface area contributed by atoms with Crippen LogP contribution in [0.1, 0.15) is 6.92 Å². The molecule has 0 aliphatic carbocycles. The molecule has 13 heavy (non-hydrogen) atoms. The average Bonchev–Trinajstić information content (AvgIpc) is 1.84. The number of hydrogen-bond acceptors (Lipinski definition) is 6. The van der Waals surface area contributed by atoms with Crippen molar-refractivity contribution in [2.75, 3.05) is 17.3 Å². The Morgan fingerprint density at radius 2 is 1.69 bits per heavy atom. The number of hydrogen-bond donors (Lipinski definition) is 0. The Balaban J connectivity index is 0. The molecule has 0 spiro atoms. The molecule has 0 aliphatic rings. The molecular formula is C4H9NaO5S3. The van der Waals surface area contributed by atoms with Gasteiger partial charge in [-0.05, 0) is 10.8 Å². The molecule has 0 radical (unpaired) electrons. The second kappa shape index (κ2) is 6.65. The Morgan fingerprint density at radius 3 is 2.00 bits per heavy atom. The van der Waals surface area contributed by atoms with Crippen LogP contribution in [-0.2, 0) is 19.0 Å². The first-order valence-corrected chi connectivity index (χ1v) is 7.81. The maximum absolute atomic E-state index is 10.8. The van der Waals surface area contributed by atoms with Crippen LogP contribution in [0.5, 0.6) is 0 Å². The zero-order valence-corrected chi connectivity index (χ0v) is 11.8. The van der Waals surface area contributed by atoms with E-state index in [9.17, 15) is 21.4 Å². The summed E-state index contributed by atoms with van der Waals surface area (Å²) in [5, 5.41) is 0. The summed E-state index contributed by atoms with van der Waals surface area (Å²) < 4.78 is 51.6. The van der Waals surface area contributed by atoms with E-state index in [1.807, 2.05) is 0 Å². The molecule has 0 atom stereocenters. The van der Waals surface area contributed by atoms with Crippen molar-refractivity contribution in [2.45, 2.75) is 6.92 Å². The second-order valence-electron chi connectivity index (χ2n) is 1.97. The summed E-state index contributed by atoms with van der Waals surface area (Å²) in [5.74, 6) is -0.496. The van der Waals surface area contributed by atoms with Gasteiger partial charge in [-0.2, -0.15) is 0 Å². The Hall–Kier alpha value is 1.21. The first-order chi connectivity index (χ1) is 5.27. The summed E-state index contributed by atoms with van der Waals surface area (Å²) in [5.41, 5.74) is 0. The predicted molar refractivity (Wildman–Crippen MR) is 46.5 cm³/mol. The van der Waals surface area contributed by atoms with E-state index in [0.717, 1.165) is 0 Å². The molecule has 0 aromatic carbocycles. The largest absolute Gasteiger partial charge is 1.00 e. The van der Waals surface area contributed by atoms with Gasteiger partial charge in [0.1, 0.15) is 9.15 Å². The molecule has 0 aromatic heterocycles. The SMILES string of the molecule is CCS(=O)(=O)CCSS(=O)(=O)[O-].[Na+]. The summed E-state index contributed by atoms with van der Waals surface area (Å²) in [7, 11) is -7.41. The molecular weight excluding hydrogens is 247 g/mol. The quantitative estimate of drug-likeness (QED) is 0.289. The van der Waals surface area contributed by atoms with Crippen LogP contribution in [0.4, 0.5) is 0 Å². The summed E-state index contributed by atoms with van der Waals surface area (Å²) in [6, 6.07) is 0. The van der Waals surface area contributed by atoms with Crippen molar-refractivity contribution in [3.63, 3.8) is 0 Å². The second-order valence-corrected chi connectivity index (χ2v) is 7.83. The summed E-state index contributed by atoms with van der Waals surface area (Å²) in [4.78, 5) is 0. The van der Waals surface area contributed by atoms with Gasteiger partial charge in [-0.1, -0.05) is 6.92 Å². The van der Waals surface area contributed by atoms with Gasteiger partial charge < -0.3 is 4.55 Å². The minimum absolute atomic E-state index is 0. The van der Waals surface area contributed by atoms with Gasteiger partial charge in [0, 0.05) is 11.5 Å². The van der Waals surface area contributed by atoms with Crippen molar-refractivity contribution in [2.24, 2.45) is 0 Å². The third-order valence-electron chi connectivity index (χ3n) is 1.06. The minimum atomic E-state index is -4.35. The standard InChI is InChI=1S/C4H10O5S3.Na/c1-2-11(5,6)4-3-10-12(7,8)9;/h2-4H2,1H3,(H,7,8,9);/q;+1/p-1. The van der Waals surface area contributed by atoms with Crippen LogP contribution in [-0.4, -0.2) is 38.6 Å². The van der Waals surface area contributed by atoms with Crippen LogP contribution >= 0.6 is 10.8 Å². The first kappa shape index (κ1) is 16.6. The van der Waals surface area contributed by atoms with E-state index in [0.29, 0.717) is 0 Å². The van der Waals surface area contributed by atoms with Crippen molar-refractivity contribution in [1.82, 2.24) is 0 Å². The van der Waals surface area contributed by atoms with Gasteiger partial charge in [0.2, 0.25) is 0 Å². The van der Waals surface area contributed by atoms with Crippen LogP contribution < -0.4 is 29.6 Å². The molecule has 0 amide bonds. The van der Waals surface area contributed by atoms with Crippen LogP contribution in [0.2, 0.25) is 0 Å². The fourth-order valence-corrected chi connectivity index (χ4v) is 3.41. The monoisotopic (exact) mass is 256 g/mol. The van der Waals surface area contributed by atoms with Crippen LogP contribution in [0.3, 0.4) is 0 Å². The molecule has 0 N–H and O–H groups in total. The van der Waals surface area contributed by atoms with E-state index in [4.69, 9.17) is 0 Å². The summed E-state index contributed by atoms with van der Waals surface area (Å²) in [6.07, 6.45) is 0. The normalized spacial score (nSPS) is 12.2. The van der Waals surface area contributed by atoms with Gasteiger partial charge in [-0.25, -0.2) is 16.8 Å². The molecule has 0 unspecified atom stereocenters. The van der Waals surface area contributed by atoms with Gasteiger partial charge in [-0.3, -0.25) is 0 Å². The fourth-order valence-electron chi connectivity index (χ4n) is 0.407. The van der Waals surface area contributed by atoms with E-state index >= 15 is 0 Å². The molecule has 5 nitrogen and oxygen atoms in total. The van der Waals surface area contributed by atoms with Crippen molar-refractivity contribution >= 4 is 29.8 Å². The van der Waals surface area contributed by atoms with Crippen molar-refractivity contribution in [1.29, 1.82) is 0 Å². The Bertz CT molecular complexity index is 318. The molecule has 0 fully saturated rings. The van der Waals surface area contributed by atoms with Crippen LogP contribution in [0, 0.1) is 0 Å². The summed E-state index contributed by atoms with van der Waals surface area (Å²) >= 11 is 0. The number of rotatable bonds is 5. The molecule has 0 aromatic rings. The number of sulfone groups is 1. The summed E-state index contributed by atoms with van der Waals surface area (Å²) in [6.45, 7) is 1.46. The molecule has 74 valence electrons. The van der Waals surface area contributed by atoms with Crippen molar-refractivity contribution in [3.8, 4) is 0 Å². The molecule has 0 heterocycles. The predicted octanol–water partition coefficient (Wildman–Crippen LogP) is -3.38. The van der Waals surface area contributed by atoms with Crippen LogP contribution in [0.25, 0.3) is 0 Å². The zero-order valence-electron chi connectivity index (χ0n) is 7.39. The smallest absolute Gasteiger partial charge is 0.739 e. The Kier molecular flexibility index (Phi) is 8.51. The van der Waals surface area contributed by atoms with Gasteiger partial charge in [0.15, 0.2) is 9.84 Å². The third kappa shape index (κ3) is 11.1. The van der Waals surface area contributed by atoms with Gasteiger partial charge >= 0.3 is 29.6 Å². The molecule has 0 rings (SSSR count). The van der Waals surface area contributed by atoms with E-state index in [1.165, 1.54) is 6.92 Å². The first-order valence-electron chi connectivity index (χ1n) is 3.07. The fraction of sp³-hybridized carbons (Fsp3) is 1.00. The van der Waals surface area contributed by atoms with Gasteiger partial charge in [-0.15, -0.1) is 0 Å². The Morgan fingerprint density at radius 1 is 1.23 bits per heavy atom. The van der Waals surface area contributed by atoms with Crippen LogP contribution in [0.15, 0.2) is 0 Å². The van der Waals surface area contributed by atoms with E-state index in [1.54, 1.807) is 0 Å². The van der Waals surface area contributed by atoms with Gasteiger partial charge in [0.05, 0.1) is 5.75 Å².